The Bertz CT molecular complexity index is 893. The highest BCUT2D eigenvalue weighted by Crippen LogP contribution is 2.38. The van der Waals surface area contributed by atoms with Gasteiger partial charge in [-0.2, -0.15) is 0 Å². The van der Waals surface area contributed by atoms with Gasteiger partial charge in [0.05, 0.1) is 13.2 Å². The molecule has 0 radical (unpaired) electrons. The summed E-state index contributed by atoms with van der Waals surface area (Å²) in [7, 11) is 0. The van der Waals surface area contributed by atoms with E-state index < -0.39 is 0 Å². The largest absolute Gasteiger partial charge is 0.507 e. The number of hydrogen-bond acceptors (Lipinski definition) is 5. The van der Waals surface area contributed by atoms with Gasteiger partial charge >= 0.3 is 0 Å². The van der Waals surface area contributed by atoms with E-state index in [0.29, 0.717) is 31.8 Å². The summed E-state index contributed by atoms with van der Waals surface area (Å²) in [6.07, 6.45) is 1.14. The van der Waals surface area contributed by atoms with Crippen molar-refractivity contribution in [1.29, 1.82) is 0 Å². The summed E-state index contributed by atoms with van der Waals surface area (Å²) in [6.45, 7) is 1.04. The van der Waals surface area contributed by atoms with Crippen LogP contribution in [-0.4, -0.2) is 41.7 Å². The van der Waals surface area contributed by atoms with E-state index in [2.05, 4.69) is 0 Å². The minimum Gasteiger partial charge on any atom is -0.507 e. The van der Waals surface area contributed by atoms with Gasteiger partial charge in [-0.3, -0.25) is 0 Å². The van der Waals surface area contributed by atoms with E-state index in [1.54, 1.807) is 6.07 Å². The molecular weight excluding hydrogens is 380 g/mol. The Morgan fingerprint density at radius 2 is 1.23 bits per heavy atom. The summed E-state index contributed by atoms with van der Waals surface area (Å²) in [6, 6.07) is 23.2. The standard InChI is InChI=1S/C25H28O5/c26-14-4-16-29-21-10-8-20(9-11-21)25(19-6-2-1-3-7-19)23-13-12-22(18-24(23)28)30-17-5-15-27/h1-3,6-13,18,25-28H,4-5,14-17H2. The molecule has 30 heavy (non-hydrogen) atoms. The third kappa shape index (κ3) is 5.75. The second kappa shape index (κ2) is 11.2. The van der Waals surface area contributed by atoms with Gasteiger partial charge < -0.3 is 24.8 Å². The lowest BCUT2D eigenvalue weighted by Crippen LogP contribution is -2.05. The molecule has 0 amide bonds. The molecule has 0 aliphatic carbocycles. The molecule has 3 N–H and O–H groups in total. The molecule has 0 spiro atoms. The van der Waals surface area contributed by atoms with Gasteiger partial charge in [0.15, 0.2) is 0 Å². The van der Waals surface area contributed by atoms with Crippen LogP contribution >= 0.6 is 0 Å². The van der Waals surface area contributed by atoms with E-state index >= 15 is 0 Å². The zero-order valence-corrected chi connectivity index (χ0v) is 16.9. The summed E-state index contributed by atoms with van der Waals surface area (Å²) >= 11 is 0. The summed E-state index contributed by atoms with van der Waals surface area (Å²) in [5.74, 6) is 1.33. The molecule has 0 heterocycles. The zero-order valence-electron chi connectivity index (χ0n) is 16.9. The highest BCUT2D eigenvalue weighted by atomic mass is 16.5. The van der Waals surface area contributed by atoms with Crippen LogP contribution < -0.4 is 9.47 Å². The maximum atomic E-state index is 10.8. The van der Waals surface area contributed by atoms with Crippen LogP contribution in [0.2, 0.25) is 0 Å². The first-order valence-corrected chi connectivity index (χ1v) is 10.2. The smallest absolute Gasteiger partial charge is 0.123 e. The molecule has 0 saturated heterocycles. The lowest BCUT2D eigenvalue weighted by atomic mass is 9.84. The lowest BCUT2D eigenvalue weighted by Gasteiger charge is -2.21. The fraction of sp³-hybridized carbons (Fsp3) is 0.280. The van der Waals surface area contributed by atoms with Crippen molar-refractivity contribution in [1.82, 2.24) is 0 Å². The zero-order chi connectivity index (χ0) is 21.2. The second-order valence-corrected chi connectivity index (χ2v) is 6.98. The number of aliphatic hydroxyl groups is 2. The van der Waals surface area contributed by atoms with Crippen molar-refractivity contribution in [3.05, 3.63) is 89.5 Å². The van der Waals surface area contributed by atoms with Crippen LogP contribution in [0.15, 0.2) is 72.8 Å². The highest BCUT2D eigenvalue weighted by molar-refractivity contribution is 5.51. The van der Waals surface area contributed by atoms with Crippen molar-refractivity contribution in [3.8, 4) is 17.2 Å². The number of aliphatic hydroxyl groups excluding tert-OH is 2. The molecule has 3 aromatic carbocycles. The fourth-order valence-corrected chi connectivity index (χ4v) is 3.32. The third-order valence-electron chi connectivity index (χ3n) is 4.80. The highest BCUT2D eigenvalue weighted by Gasteiger charge is 2.20. The molecular formula is C25H28O5. The van der Waals surface area contributed by atoms with Gasteiger partial charge in [-0.15, -0.1) is 0 Å². The second-order valence-electron chi connectivity index (χ2n) is 6.98. The lowest BCUT2D eigenvalue weighted by molar-refractivity contribution is 0.233. The molecule has 0 fully saturated rings. The Labute approximate surface area is 177 Å². The number of hydrogen-bond donors (Lipinski definition) is 3. The molecule has 1 atom stereocenters. The Morgan fingerprint density at radius 1 is 0.667 bits per heavy atom. The van der Waals surface area contributed by atoms with Crippen LogP contribution in [0.25, 0.3) is 0 Å². The Kier molecular flexibility index (Phi) is 8.12. The number of ether oxygens (including phenoxy) is 2. The summed E-state index contributed by atoms with van der Waals surface area (Å²) < 4.78 is 11.2. The molecule has 3 rings (SSSR count). The van der Waals surface area contributed by atoms with Crippen LogP contribution in [0.5, 0.6) is 17.2 Å². The maximum Gasteiger partial charge on any atom is 0.123 e. The molecule has 158 valence electrons. The van der Waals surface area contributed by atoms with E-state index in [9.17, 15) is 5.11 Å². The maximum absolute atomic E-state index is 10.8. The first kappa shape index (κ1) is 21.7. The first-order chi connectivity index (χ1) is 14.7. The van der Waals surface area contributed by atoms with Crippen molar-refractivity contribution in [2.75, 3.05) is 26.4 Å². The number of benzene rings is 3. The van der Waals surface area contributed by atoms with Crippen molar-refractivity contribution in [3.63, 3.8) is 0 Å². The average Bonchev–Trinajstić information content (AvgIpc) is 2.77. The van der Waals surface area contributed by atoms with Gasteiger partial charge in [0, 0.05) is 43.6 Å². The van der Waals surface area contributed by atoms with Gasteiger partial charge in [-0.25, -0.2) is 0 Å². The molecule has 3 aromatic rings. The first-order valence-electron chi connectivity index (χ1n) is 10.2. The number of phenolic OH excluding ortho intramolecular Hbond substituents is 1. The van der Waals surface area contributed by atoms with Gasteiger partial charge in [-0.05, 0) is 29.3 Å². The Balaban J connectivity index is 1.89. The number of phenols is 1. The van der Waals surface area contributed by atoms with Crippen molar-refractivity contribution in [2.24, 2.45) is 0 Å². The third-order valence-corrected chi connectivity index (χ3v) is 4.80. The Morgan fingerprint density at radius 3 is 1.83 bits per heavy atom. The van der Waals surface area contributed by atoms with E-state index in [0.717, 1.165) is 22.4 Å². The van der Waals surface area contributed by atoms with E-state index in [1.165, 1.54) is 0 Å². The van der Waals surface area contributed by atoms with Crippen LogP contribution in [0.3, 0.4) is 0 Å². The van der Waals surface area contributed by atoms with Crippen LogP contribution in [-0.2, 0) is 0 Å². The number of rotatable bonds is 11. The normalized spacial score (nSPS) is 11.8. The van der Waals surface area contributed by atoms with Crippen molar-refractivity contribution in [2.45, 2.75) is 18.8 Å². The van der Waals surface area contributed by atoms with Gasteiger partial charge in [0.25, 0.3) is 0 Å². The average molecular weight is 408 g/mol. The molecule has 0 aromatic heterocycles. The fourth-order valence-electron chi connectivity index (χ4n) is 3.32. The van der Waals surface area contributed by atoms with Gasteiger partial charge in [0.2, 0.25) is 0 Å². The topological polar surface area (TPSA) is 79.2 Å². The van der Waals surface area contributed by atoms with Crippen LogP contribution in [0.4, 0.5) is 0 Å². The summed E-state index contributed by atoms with van der Waals surface area (Å²) in [5, 5.41) is 28.6. The van der Waals surface area contributed by atoms with E-state index in [4.69, 9.17) is 19.7 Å². The van der Waals surface area contributed by atoms with Gasteiger partial charge in [-0.1, -0.05) is 48.5 Å². The molecule has 0 aliphatic rings. The molecule has 5 nitrogen and oxygen atoms in total. The minimum atomic E-state index is -0.149. The predicted molar refractivity (Wildman–Crippen MR) is 116 cm³/mol. The van der Waals surface area contributed by atoms with E-state index in [1.807, 2.05) is 66.7 Å². The quantitative estimate of drug-likeness (QED) is 0.329. The predicted octanol–water partition coefficient (Wildman–Crippen LogP) is 4.09. The monoisotopic (exact) mass is 408 g/mol. The van der Waals surface area contributed by atoms with Crippen molar-refractivity contribution < 1.29 is 24.8 Å². The SMILES string of the molecule is OCCCOc1ccc(C(c2ccccc2)c2ccc(OCCCO)cc2O)cc1. The van der Waals surface area contributed by atoms with Crippen molar-refractivity contribution >= 4 is 0 Å². The molecule has 5 heteroatoms. The van der Waals surface area contributed by atoms with E-state index in [-0.39, 0.29) is 24.9 Å². The summed E-state index contributed by atoms with van der Waals surface area (Å²) in [5.41, 5.74) is 2.88. The number of aromatic hydroxyl groups is 1. The summed E-state index contributed by atoms with van der Waals surface area (Å²) in [4.78, 5) is 0. The molecule has 0 saturated carbocycles. The minimum absolute atomic E-state index is 0.0693. The molecule has 1 unspecified atom stereocenters. The molecule has 0 aliphatic heterocycles. The Hall–Kier alpha value is -3.02. The van der Waals surface area contributed by atoms with Crippen LogP contribution in [0, 0.1) is 0 Å². The van der Waals surface area contributed by atoms with Gasteiger partial charge in [0.1, 0.15) is 17.2 Å². The van der Waals surface area contributed by atoms with Crippen LogP contribution in [0.1, 0.15) is 35.4 Å². The molecule has 0 bridgehead atoms.